The number of alkyl halides is 2. The molecule has 1 heterocycles. The molecule has 0 fully saturated rings. The summed E-state index contributed by atoms with van der Waals surface area (Å²) in [5, 5.41) is 0. The molecule has 0 aliphatic carbocycles. The smallest absolute Gasteiger partial charge is 0.387 e. The number of rotatable bonds is 9. The molecule has 1 aliphatic heterocycles. The second kappa shape index (κ2) is 9.91. The van der Waals surface area contributed by atoms with Gasteiger partial charge in [0.05, 0.1) is 11.1 Å². The first-order chi connectivity index (χ1) is 14.8. The van der Waals surface area contributed by atoms with E-state index in [-0.39, 0.29) is 18.2 Å². The maximum Gasteiger partial charge on any atom is 0.387 e. The predicted octanol–water partition coefficient (Wildman–Crippen LogP) is 3.66. The van der Waals surface area contributed by atoms with Gasteiger partial charge in [-0.15, -0.1) is 0 Å². The highest BCUT2D eigenvalue weighted by Gasteiger charge is 2.43. The van der Waals surface area contributed by atoms with Crippen molar-refractivity contribution in [1.29, 1.82) is 0 Å². The lowest BCUT2D eigenvalue weighted by Crippen LogP contribution is -2.50. The molecule has 31 heavy (non-hydrogen) atoms. The van der Waals surface area contributed by atoms with E-state index in [1.54, 1.807) is 43.4 Å². The largest absolute Gasteiger partial charge is 0.435 e. The minimum Gasteiger partial charge on any atom is -0.435 e. The summed E-state index contributed by atoms with van der Waals surface area (Å²) in [6, 6.07) is 11.6. The molecule has 0 saturated heterocycles. The van der Waals surface area contributed by atoms with Gasteiger partial charge in [0.15, 0.2) is 0 Å². The SMILES string of the molecule is CSCC[C@@H](C(=O)N(C)Cc1ccc(OC(F)F)cc1)N1C(=O)c2ccccc2C1=O. The Kier molecular flexibility index (Phi) is 7.27. The quantitative estimate of drug-likeness (QED) is 0.548. The zero-order valence-corrected chi connectivity index (χ0v) is 17.9. The standard InChI is InChI=1S/C22H22F2N2O4S/c1-25(13-14-7-9-15(10-8-14)30-22(23)24)21(29)18(11-12-31-2)26-19(27)16-5-3-4-6-17(16)20(26)28/h3-10,18,22H,11-13H2,1-2H3/t18-/m0/s1. The molecule has 3 rings (SSSR count). The van der Waals surface area contributed by atoms with Crippen molar-refractivity contribution in [3.63, 3.8) is 0 Å². The van der Waals surface area contributed by atoms with Crippen molar-refractivity contribution in [1.82, 2.24) is 9.80 Å². The maximum absolute atomic E-state index is 13.2. The Morgan fingerprint density at radius 1 is 1.06 bits per heavy atom. The van der Waals surface area contributed by atoms with Crippen molar-refractivity contribution >= 4 is 29.5 Å². The van der Waals surface area contributed by atoms with Crippen LogP contribution in [0, 0.1) is 0 Å². The van der Waals surface area contributed by atoms with E-state index in [4.69, 9.17) is 0 Å². The topological polar surface area (TPSA) is 66.9 Å². The van der Waals surface area contributed by atoms with Gasteiger partial charge in [-0.2, -0.15) is 20.5 Å². The highest BCUT2D eigenvalue weighted by atomic mass is 32.2. The van der Waals surface area contributed by atoms with E-state index in [9.17, 15) is 23.2 Å². The monoisotopic (exact) mass is 448 g/mol. The zero-order chi connectivity index (χ0) is 22.5. The van der Waals surface area contributed by atoms with E-state index < -0.39 is 24.5 Å². The molecule has 0 saturated carbocycles. The fraction of sp³-hybridized carbons (Fsp3) is 0.318. The normalized spacial score (nSPS) is 14.0. The van der Waals surface area contributed by atoms with Crippen LogP contribution in [0.25, 0.3) is 0 Å². The summed E-state index contributed by atoms with van der Waals surface area (Å²) in [7, 11) is 1.58. The molecule has 6 nitrogen and oxygen atoms in total. The Balaban J connectivity index is 1.77. The van der Waals surface area contributed by atoms with Crippen LogP contribution < -0.4 is 4.74 Å². The van der Waals surface area contributed by atoms with E-state index >= 15 is 0 Å². The number of nitrogens with zero attached hydrogens (tertiary/aromatic N) is 2. The van der Waals surface area contributed by atoms with E-state index in [1.165, 1.54) is 28.8 Å². The van der Waals surface area contributed by atoms with Crippen LogP contribution in [-0.4, -0.2) is 59.2 Å². The molecule has 9 heteroatoms. The molecule has 0 radical (unpaired) electrons. The minimum atomic E-state index is -2.91. The molecule has 3 amide bonds. The Hall–Kier alpha value is -2.94. The number of benzene rings is 2. The molecule has 0 spiro atoms. The maximum atomic E-state index is 13.2. The van der Waals surface area contributed by atoms with Crippen LogP contribution in [0.2, 0.25) is 0 Å². The number of halogens is 2. The number of carbonyl (C=O) groups excluding carboxylic acids is 3. The van der Waals surface area contributed by atoms with Gasteiger partial charge in [-0.1, -0.05) is 24.3 Å². The van der Waals surface area contributed by atoms with Crippen molar-refractivity contribution < 1.29 is 27.9 Å². The average molecular weight is 448 g/mol. The second-order valence-electron chi connectivity index (χ2n) is 7.04. The summed E-state index contributed by atoms with van der Waals surface area (Å²) in [5.41, 5.74) is 1.29. The summed E-state index contributed by atoms with van der Waals surface area (Å²) < 4.78 is 28.9. The van der Waals surface area contributed by atoms with Crippen molar-refractivity contribution in [3.05, 3.63) is 65.2 Å². The van der Waals surface area contributed by atoms with E-state index in [2.05, 4.69) is 4.74 Å². The number of imide groups is 1. The minimum absolute atomic E-state index is 0.0246. The van der Waals surface area contributed by atoms with Gasteiger partial charge in [0.1, 0.15) is 11.8 Å². The van der Waals surface area contributed by atoms with Crippen molar-refractivity contribution in [2.45, 2.75) is 25.6 Å². The Morgan fingerprint density at radius 2 is 1.65 bits per heavy atom. The van der Waals surface area contributed by atoms with Crippen molar-refractivity contribution in [3.8, 4) is 5.75 Å². The fourth-order valence-corrected chi connectivity index (χ4v) is 3.92. The zero-order valence-electron chi connectivity index (χ0n) is 17.1. The number of carbonyl (C=O) groups is 3. The molecule has 0 bridgehead atoms. The van der Waals surface area contributed by atoms with Crippen LogP contribution in [-0.2, 0) is 11.3 Å². The predicted molar refractivity (Wildman–Crippen MR) is 113 cm³/mol. The van der Waals surface area contributed by atoms with Crippen LogP contribution in [0.4, 0.5) is 8.78 Å². The number of likely N-dealkylation sites (N-methyl/N-ethyl adjacent to an activating group) is 1. The molecule has 2 aromatic rings. The number of amides is 3. The lowest BCUT2D eigenvalue weighted by molar-refractivity contribution is -0.134. The summed E-state index contributed by atoms with van der Waals surface area (Å²) >= 11 is 1.52. The Morgan fingerprint density at radius 3 is 2.16 bits per heavy atom. The van der Waals surface area contributed by atoms with E-state index in [1.807, 2.05) is 6.26 Å². The van der Waals surface area contributed by atoms with Gasteiger partial charge in [0, 0.05) is 13.6 Å². The molecule has 0 unspecified atom stereocenters. The summed E-state index contributed by atoms with van der Waals surface area (Å²) in [6.45, 7) is -2.72. The molecule has 1 atom stereocenters. The third kappa shape index (κ3) is 5.04. The first-order valence-electron chi connectivity index (χ1n) is 9.58. The Bertz CT molecular complexity index is 933. The number of thioether (sulfide) groups is 1. The lowest BCUT2D eigenvalue weighted by atomic mass is 10.1. The molecule has 1 aliphatic rings. The van der Waals surface area contributed by atoms with Crippen molar-refractivity contribution in [2.24, 2.45) is 0 Å². The van der Waals surface area contributed by atoms with Crippen LogP contribution in [0.5, 0.6) is 5.75 Å². The summed E-state index contributed by atoms with van der Waals surface area (Å²) in [5.74, 6) is -0.686. The van der Waals surface area contributed by atoms with Gasteiger partial charge >= 0.3 is 6.61 Å². The lowest BCUT2D eigenvalue weighted by Gasteiger charge is -2.29. The summed E-state index contributed by atoms with van der Waals surface area (Å²) in [6.07, 6.45) is 2.22. The third-order valence-corrected chi connectivity index (χ3v) is 5.61. The van der Waals surface area contributed by atoms with Crippen LogP contribution in [0.1, 0.15) is 32.7 Å². The van der Waals surface area contributed by atoms with Gasteiger partial charge in [-0.05, 0) is 48.3 Å². The molecular weight excluding hydrogens is 426 g/mol. The van der Waals surface area contributed by atoms with Gasteiger partial charge in [0.2, 0.25) is 5.91 Å². The third-order valence-electron chi connectivity index (χ3n) is 4.96. The molecule has 0 aromatic heterocycles. The number of hydrogen-bond acceptors (Lipinski definition) is 5. The average Bonchev–Trinajstić information content (AvgIpc) is 3.00. The molecule has 164 valence electrons. The fourth-order valence-electron chi connectivity index (χ4n) is 3.47. The molecule has 0 N–H and O–H groups in total. The van der Waals surface area contributed by atoms with Gasteiger partial charge in [0.25, 0.3) is 11.8 Å². The van der Waals surface area contributed by atoms with Crippen LogP contribution >= 0.6 is 11.8 Å². The van der Waals surface area contributed by atoms with Gasteiger partial charge in [-0.25, -0.2) is 0 Å². The first kappa shape index (κ1) is 22.7. The first-order valence-corrected chi connectivity index (χ1v) is 11.0. The van der Waals surface area contributed by atoms with Crippen LogP contribution in [0.15, 0.2) is 48.5 Å². The highest BCUT2D eigenvalue weighted by Crippen LogP contribution is 2.27. The number of hydrogen-bond donors (Lipinski definition) is 0. The molecule has 2 aromatic carbocycles. The molecular formula is C22H22F2N2O4S. The number of fused-ring (bicyclic) bond motifs is 1. The van der Waals surface area contributed by atoms with E-state index in [0.29, 0.717) is 28.9 Å². The van der Waals surface area contributed by atoms with Crippen LogP contribution in [0.3, 0.4) is 0 Å². The summed E-state index contributed by atoms with van der Waals surface area (Å²) in [4.78, 5) is 41.5. The second-order valence-corrected chi connectivity index (χ2v) is 8.03. The number of ether oxygens (including phenoxy) is 1. The highest BCUT2D eigenvalue weighted by molar-refractivity contribution is 7.98. The Labute approximate surface area is 183 Å². The van der Waals surface area contributed by atoms with Gasteiger partial charge < -0.3 is 9.64 Å². The van der Waals surface area contributed by atoms with E-state index in [0.717, 1.165) is 4.90 Å². The van der Waals surface area contributed by atoms with Crippen molar-refractivity contribution in [2.75, 3.05) is 19.1 Å². The van der Waals surface area contributed by atoms with Gasteiger partial charge in [-0.3, -0.25) is 19.3 Å².